The maximum atomic E-state index is 12.2. The summed E-state index contributed by atoms with van der Waals surface area (Å²) in [5.74, 6) is -1.34. The summed E-state index contributed by atoms with van der Waals surface area (Å²) in [5, 5.41) is 0. The van der Waals surface area contributed by atoms with Crippen LogP contribution in [0.25, 0.3) is 0 Å². The van der Waals surface area contributed by atoms with Crippen LogP contribution >= 0.6 is 0 Å². The van der Waals surface area contributed by atoms with E-state index < -0.39 is 22.5 Å². The lowest BCUT2D eigenvalue weighted by atomic mass is 10.1. The number of nitrogens with one attached hydrogen (secondary N) is 1. The summed E-state index contributed by atoms with van der Waals surface area (Å²) in [7, 11) is -3.79. The number of aryl methyl sites for hydroxylation is 1. The van der Waals surface area contributed by atoms with Crippen molar-refractivity contribution in [2.24, 2.45) is 0 Å². The molecule has 1 N–H and O–H groups in total. The number of carbonyl (C=O) groups excluding carboxylic acids is 3. The summed E-state index contributed by atoms with van der Waals surface area (Å²) in [5.41, 5.74) is 1.72. The van der Waals surface area contributed by atoms with E-state index in [4.69, 9.17) is 4.74 Å². The molecule has 30 heavy (non-hydrogen) atoms. The molecular weight excluding hydrogens is 408 g/mol. The number of ether oxygens (including phenoxy) is 1. The summed E-state index contributed by atoms with van der Waals surface area (Å²) < 4.78 is 31.5. The molecule has 158 valence electrons. The van der Waals surface area contributed by atoms with E-state index >= 15 is 0 Å². The number of amides is 2. The standard InChI is InChI=1S/C21H22N2O6S/c1-15-8-10-16(11-9-15)30(27,28)22-14-19(24)29-13-5-4-12-23-20(25)17-6-2-3-7-18(17)21(23)26/h2-3,6-11,22H,4-5,12-14H2,1H3. The van der Waals surface area contributed by atoms with Crippen LogP contribution in [0.1, 0.15) is 39.1 Å². The third-order valence-corrected chi connectivity index (χ3v) is 6.07. The number of imide groups is 1. The normalized spacial score (nSPS) is 13.4. The molecule has 9 heteroatoms. The van der Waals surface area contributed by atoms with Crippen molar-refractivity contribution in [2.75, 3.05) is 19.7 Å². The number of sulfonamides is 1. The van der Waals surface area contributed by atoms with Crippen molar-refractivity contribution < 1.29 is 27.5 Å². The first-order valence-corrected chi connectivity index (χ1v) is 10.9. The van der Waals surface area contributed by atoms with E-state index in [1.54, 1.807) is 36.4 Å². The van der Waals surface area contributed by atoms with Gasteiger partial charge in [-0.25, -0.2) is 8.42 Å². The molecule has 1 aliphatic rings. The predicted octanol–water partition coefficient (Wildman–Crippen LogP) is 1.89. The van der Waals surface area contributed by atoms with Gasteiger partial charge in [-0.05, 0) is 44.0 Å². The molecule has 8 nitrogen and oxygen atoms in total. The van der Waals surface area contributed by atoms with Gasteiger partial charge in [-0.2, -0.15) is 4.72 Å². The average molecular weight is 430 g/mol. The Labute approximate surface area is 174 Å². The molecule has 2 aromatic carbocycles. The van der Waals surface area contributed by atoms with Crippen molar-refractivity contribution in [1.82, 2.24) is 9.62 Å². The smallest absolute Gasteiger partial charge is 0.321 e. The van der Waals surface area contributed by atoms with Gasteiger partial charge in [0, 0.05) is 6.54 Å². The van der Waals surface area contributed by atoms with E-state index in [0.717, 1.165) is 5.56 Å². The Morgan fingerprint density at radius 3 is 2.17 bits per heavy atom. The highest BCUT2D eigenvalue weighted by Gasteiger charge is 2.34. The first-order valence-electron chi connectivity index (χ1n) is 9.47. The van der Waals surface area contributed by atoms with Crippen molar-refractivity contribution in [2.45, 2.75) is 24.7 Å². The second-order valence-corrected chi connectivity index (χ2v) is 8.64. The van der Waals surface area contributed by atoms with Crippen LogP contribution in [0, 0.1) is 6.92 Å². The van der Waals surface area contributed by atoms with Gasteiger partial charge < -0.3 is 4.74 Å². The molecule has 0 radical (unpaired) electrons. The molecule has 0 saturated heterocycles. The first-order chi connectivity index (χ1) is 14.3. The van der Waals surface area contributed by atoms with E-state index in [-0.39, 0.29) is 29.9 Å². The van der Waals surface area contributed by atoms with E-state index in [1.165, 1.54) is 17.0 Å². The molecule has 2 amide bonds. The number of esters is 1. The number of hydrogen-bond donors (Lipinski definition) is 1. The van der Waals surface area contributed by atoms with E-state index in [0.29, 0.717) is 24.0 Å². The molecule has 0 spiro atoms. The molecule has 0 fully saturated rings. The Morgan fingerprint density at radius 1 is 0.967 bits per heavy atom. The number of unbranched alkanes of at least 4 members (excludes halogenated alkanes) is 1. The van der Waals surface area contributed by atoms with E-state index in [9.17, 15) is 22.8 Å². The van der Waals surface area contributed by atoms with Crippen molar-refractivity contribution in [1.29, 1.82) is 0 Å². The van der Waals surface area contributed by atoms with Gasteiger partial charge in [0.05, 0.1) is 22.6 Å². The Morgan fingerprint density at radius 2 is 1.57 bits per heavy atom. The Hall–Kier alpha value is -3.04. The highest BCUT2D eigenvalue weighted by molar-refractivity contribution is 7.89. The van der Waals surface area contributed by atoms with Gasteiger partial charge in [-0.1, -0.05) is 29.8 Å². The maximum Gasteiger partial charge on any atom is 0.321 e. The Bertz CT molecular complexity index is 1030. The number of hydrogen-bond acceptors (Lipinski definition) is 6. The summed E-state index contributed by atoms with van der Waals surface area (Å²) >= 11 is 0. The van der Waals surface area contributed by atoms with Crippen molar-refractivity contribution in [3.05, 3.63) is 65.2 Å². The number of benzene rings is 2. The number of carbonyl (C=O) groups is 3. The SMILES string of the molecule is Cc1ccc(S(=O)(=O)NCC(=O)OCCCCN2C(=O)c3ccccc3C2=O)cc1. The van der Waals surface area contributed by atoms with Gasteiger partial charge in [0.25, 0.3) is 11.8 Å². The highest BCUT2D eigenvalue weighted by Crippen LogP contribution is 2.22. The van der Waals surface area contributed by atoms with Crippen molar-refractivity contribution >= 4 is 27.8 Å². The van der Waals surface area contributed by atoms with E-state index in [1.807, 2.05) is 6.92 Å². The predicted molar refractivity (Wildman–Crippen MR) is 108 cm³/mol. The summed E-state index contributed by atoms with van der Waals surface area (Å²) in [6, 6.07) is 12.9. The molecule has 3 rings (SSSR count). The number of fused-ring (bicyclic) bond motifs is 1. The molecule has 1 heterocycles. The molecular formula is C21H22N2O6S. The van der Waals surface area contributed by atoms with Crippen LogP contribution in [0.5, 0.6) is 0 Å². The minimum Gasteiger partial charge on any atom is -0.465 e. The lowest BCUT2D eigenvalue weighted by Crippen LogP contribution is -2.31. The highest BCUT2D eigenvalue weighted by atomic mass is 32.2. The monoisotopic (exact) mass is 430 g/mol. The first kappa shape index (κ1) is 21.7. The molecule has 0 aliphatic carbocycles. The summed E-state index contributed by atoms with van der Waals surface area (Å²) in [6.07, 6.45) is 0.900. The third-order valence-electron chi connectivity index (χ3n) is 4.66. The van der Waals surface area contributed by atoms with E-state index in [2.05, 4.69) is 4.72 Å². The zero-order valence-corrected chi connectivity index (χ0v) is 17.3. The van der Waals surface area contributed by atoms with Crippen LogP contribution in [-0.4, -0.2) is 50.8 Å². The van der Waals surface area contributed by atoms with Gasteiger partial charge in [0.1, 0.15) is 6.54 Å². The summed E-state index contributed by atoms with van der Waals surface area (Å²) in [4.78, 5) is 37.5. The number of rotatable bonds is 9. The van der Waals surface area contributed by atoms with Gasteiger partial charge >= 0.3 is 5.97 Å². The molecule has 2 aromatic rings. The molecule has 0 aromatic heterocycles. The second-order valence-electron chi connectivity index (χ2n) is 6.87. The van der Waals surface area contributed by atoms with Crippen LogP contribution in [0.2, 0.25) is 0 Å². The third kappa shape index (κ3) is 4.92. The minimum absolute atomic E-state index is 0.0638. The Kier molecular flexibility index (Phi) is 6.63. The molecule has 0 bridgehead atoms. The lowest BCUT2D eigenvalue weighted by Gasteiger charge is -2.13. The fourth-order valence-electron chi connectivity index (χ4n) is 3.01. The van der Waals surface area contributed by atoms with Gasteiger partial charge in [-0.15, -0.1) is 0 Å². The van der Waals surface area contributed by atoms with Crippen LogP contribution in [0.3, 0.4) is 0 Å². The molecule has 1 aliphatic heterocycles. The van der Waals surface area contributed by atoms with Gasteiger partial charge in [-0.3, -0.25) is 19.3 Å². The van der Waals surface area contributed by atoms with Crippen LogP contribution < -0.4 is 4.72 Å². The second kappa shape index (κ2) is 9.19. The lowest BCUT2D eigenvalue weighted by molar-refractivity contribution is -0.142. The Balaban J connectivity index is 1.37. The molecule has 0 saturated carbocycles. The van der Waals surface area contributed by atoms with Crippen molar-refractivity contribution in [3.8, 4) is 0 Å². The molecule has 0 unspecified atom stereocenters. The number of nitrogens with zero attached hydrogens (tertiary/aromatic N) is 1. The zero-order chi connectivity index (χ0) is 21.7. The average Bonchev–Trinajstić information content (AvgIpc) is 2.97. The largest absolute Gasteiger partial charge is 0.465 e. The molecule has 0 atom stereocenters. The summed E-state index contributed by atoms with van der Waals surface area (Å²) in [6.45, 7) is 1.66. The fraction of sp³-hybridized carbons (Fsp3) is 0.286. The van der Waals surface area contributed by atoms with Crippen molar-refractivity contribution in [3.63, 3.8) is 0 Å². The quantitative estimate of drug-likeness (QED) is 0.370. The van der Waals surface area contributed by atoms with Crippen LogP contribution in [0.4, 0.5) is 0 Å². The topological polar surface area (TPSA) is 110 Å². The van der Waals surface area contributed by atoms with Gasteiger partial charge in [0.2, 0.25) is 10.0 Å². The van der Waals surface area contributed by atoms with Crippen LogP contribution in [-0.2, 0) is 19.6 Å². The van der Waals surface area contributed by atoms with Crippen LogP contribution in [0.15, 0.2) is 53.4 Å². The minimum atomic E-state index is -3.79. The van der Waals surface area contributed by atoms with Gasteiger partial charge in [0.15, 0.2) is 0 Å². The maximum absolute atomic E-state index is 12.2. The zero-order valence-electron chi connectivity index (χ0n) is 16.5. The fourth-order valence-corrected chi connectivity index (χ4v) is 3.97.